The molecular weight excluding hydrogens is 238 g/mol. The topological polar surface area (TPSA) is 32.7 Å². The summed E-state index contributed by atoms with van der Waals surface area (Å²) in [5, 5.41) is 9.57. The molecule has 0 spiro atoms. The average Bonchev–Trinajstić information content (AvgIpc) is 2.41. The van der Waals surface area contributed by atoms with Crippen molar-refractivity contribution in [3.63, 3.8) is 0 Å². The van der Waals surface area contributed by atoms with E-state index in [0.29, 0.717) is 6.04 Å². The van der Waals surface area contributed by atoms with Crippen LogP contribution in [-0.2, 0) is 0 Å². The SMILES string of the molecule is CC(O)CC1CCCCN1CCOc1ccccc1. The second kappa shape index (κ2) is 7.51. The molecule has 1 heterocycles. The van der Waals surface area contributed by atoms with Crippen LogP contribution in [0.25, 0.3) is 0 Å². The van der Waals surface area contributed by atoms with Gasteiger partial charge in [-0.05, 0) is 44.9 Å². The van der Waals surface area contributed by atoms with E-state index in [4.69, 9.17) is 4.74 Å². The van der Waals surface area contributed by atoms with Crippen molar-refractivity contribution >= 4 is 0 Å². The first kappa shape index (κ1) is 14.4. The summed E-state index contributed by atoms with van der Waals surface area (Å²) in [4.78, 5) is 2.47. The largest absolute Gasteiger partial charge is 0.492 e. The number of para-hydroxylation sites is 1. The van der Waals surface area contributed by atoms with Crippen LogP contribution in [0.15, 0.2) is 30.3 Å². The quantitative estimate of drug-likeness (QED) is 0.856. The first-order valence-corrected chi connectivity index (χ1v) is 7.35. The predicted molar refractivity (Wildman–Crippen MR) is 77.4 cm³/mol. The summed E-state index contributed by atoms with van der Waals surface area (Å²) >= 11 is 0. The Labute approximate surface area is 116 Å². The lowest BCUT2D eigenvalue weighted by Crippen LogP contribution is -2.43. The number of rotatable bonds is 6. The van der Waals surface area contributed by atoms with Crippen molar-refractivity contribution in [1.29, 1.82) is 0 Å². The Hall–Kier alpha value is -1.06. The van der Waals surface area contributed by atoms with Crippen molar-refractivity contribution in [2.45, 2.75) is 44.8 Å². The number of aliphatic hydroxyl groups is 1. The lowest BCUT2D eigenvalue weighted by atomic mass is 9.97. The number of hydrogen-bond donors (Lipinski definition) is 1. The molecule has 1 saturated heterocycles. The molecule has 0 radical (unpaired) electrons. The van der Waals surface area contributed by atoms with Gasteiger partial charge in [0.1, 0.15) is 12.4 Å². The summed E-state index contributed by atoms with van der Waals surface area (Å²) in [6.45, 7) is 4.69. The van der Waals surface area contributed by atoms with Crippen LogP contribution in [0, 0.1) is 0 Å². The molecule has 2 unspecified atom stereocenters. The van der Waals surface area contributed by atoms with Gasteiger partial charge in [-0.25, -0.2) is 0 Å². The van der Waals surface area contributed by atoms with Crippen molar-refractivity contribution in [1.82, 2.24) is 4.90 Å². The van der Waals surface area contributed by atoms with E-state index in [1.54, 1.807) is 0 Å². The number of piperidine rings is 1. The molecule has 2 rings (SSSR count). The molecule has 1 aliphatic rings. The molecular formula is C16H25NO2. The molecule has 106 valence electrons. The van der Waals surface area contributed by atoms with Crippen LogP contribution in [0.3, 0.4) is 0 Å². The van der Waals surface area contributed by atoms with Gasteiger partial charge in [0.25, 0.3) is 0 Å². The van der Waals surface area contributed by atoms with E-state index in [0.717, 1.165) is 31.9 Å². The Morgan fingerprint density at radius 1 is 1.32 bits per heavy atom. The standard InChI is InChI=1S/C16H25NO2/c1-14(18)13-15-7-5-6-10-17(15)11-12-19-16-8-3-2-4-9-16/h2-4,8-9,14-15,18H,5-7,10-13H2,1H3. The Balaban J connectivity index is 1.76. The predicted octanol–water partition coefficient (Wildman–Crippen LogP) is 2.69. The Morgan fingerprint density at radius 3 is 2.84 bits per heavy atom. The molecule has 0 amide bonds. The van der Waals surface area contributed by atoms with Crippen LogP contribution < -0.4 is 4.74 Å². The summed E-state index contributed by atoms with van der Waals surface area (Å²) < 4.78 is 5.76. The summed E-state index contributed by atoms with van der Waals surface area (Å²) in [6.07, 6.45) is 4.43. The van der Waals surface area contributed by atoms with Crippen molar-refractivity contribution in [2.75, 3.05) is 19.7 Å². The highest BCUT2D eigenvalue weighted by Gasteiger charge is 2.23. The van der Waals surface area contributed by atoms with Crippen molar-refractivity contribution < 1.29 is 9.84 Å². The average molecular weight is 263 g/mol. The van der Waals surface area contributed by atoms with Gasteiger partial charge in [-0.1, -0.05) is 24.6 Å². The van der Waals surface area contributed by atoms with Crippen molar-refractivity contribution in [3.8, 4) is 5.75 Å². The van der Waals surface area contributed by atoms with E-state index in [9.17, 15) is 5.11 Å². The summed E-state index contributed by atoms with van der Waals surface area (Å²) in [6, 6.07) is 10.5. The molecule has 0 aromatic heterocycles. The fraction of sp³-hybridized carbons (Fsp3) is 0.625. The van der Waals surface area contributed by atoms with Crippen LogP contribution in [0.4, 0.5) is 0 Å². The smallest absolute Gasteiger partial charge is 0.119 e. The van der Waals surface area contributed by atoms with Crippen LogP contribution >= 0.6 is 0 Å². The lowest BCUT2D eigenvalue weighted by molar-refractivity contribution is 0.0761. The van der Waals surface area contributed by atoms with Crippen LogP contribution in [0.2, 0.25) is 0 Å². The normalized spacial score (nSPS) is 22.1. The molecule has 0 bridgehead atoms. The number of nitrogens with zero attached hydrogens (tertiary/aromatic N) is 1. The minimum absolute atomic E-state index is 0.208. The van der Waals surface area contributed by atoms with Gasteiger partial charge < -0.3 is 9.84 Å². The van der Waals surface area contributed by atoms with Crippen LogP contribution in [-0.4, -0.2) is 41.8 Å². The van der Waals surface area contributed by atoms with E-state index in [-0.39, 0.29) is 6.10 Å². The first-order valence-electron chi connectivity index (χ1n) is 7.35. The van der Waals surface area contributed by atoms with Gasteiger partial charge in [-0.2, -0.15) is 0 Å². The van der Waals surface area contributed by atoms with E-state index >= 15 is 0 Å². The minimum atomic E-state index is -0.208. The minimum Gasteiger partial charge on any atom is -0.492 e. The van der Waals surface area contributed by atoms with E-state index in [1.807, 2.05) is 37.3 Å². The third-order valence-corrected chi connectivity index (χ3v) is 3.75. The second-order valence-corrected chi connectivity index (χ2v) is 5.43. The second-order valence-electron chi connectivity index (χ2n) is 5.43. The van der Waals surface area contributed by atoms with Crippen LogP contribution in [0.5, 0.6) is 5.75 Å². The fourth-order valence-electron chi connectivity index (χ4n) is 2.81. The highest BCUT2D eigenvalue weighted by Crippen LogP contribution is 2.20. The maximum absolute atomic E-state index is 9.57. The fourth-order valence-corrected chi connectivity index (χ4v) is 2.81. The third kappa shape index (κ3) is 4.84. The number of aliphatic hydroxyl groups excluding tert-OH is 1. The Kier molecular flexibility index (Phi) is 5.67. The maximum Gasteiger partial charge on any atom is 0.119 e. The Bertz CT molecular complexity index is 353. The lowest BCUT2D eigenvalue weighted by Gasteiger charge is -2.36. The molecule has 1 aromatic rings. The molecule has 0 aliphatic carbocycles. The number of likely N-dealkylation sites (tertiary alicyclic amines) is 1. The zero-order chi connectivity index (χ0) is 13.5. The van der Waals surface area contributed by atoms with Crippen molar-refractivity contribution in [3.05, 3.63) is 30.3 Å². The number of ether oxygens (including phenoxy) is 1. The highest BCUT2D eigenvalue weighted by atomic mass is 16.5. The van der Waals surface area contributed by atoms with Crippen LogP contribution in [0.1, 0.15) is 32.6 Å². The van der Waals surface area contributed by atoms with Crippen molar-refractivity contribution in [2.24, 2.45) is 0 Å². The zero-order valence-corrected chi connectivity index (χ0v) is 11.8. The highest BCUT2D eigenvalue weighted by molar-refractivity contribution is 5.20. The van der Waals surface area contributed by atoms with Gasteiger partial charge in [0.15, 0.2) is 0 Å². The van der Waals surface area contributed by atoms with Gasteiger partial charge in [-0.15, -0.1) is 0 Å². The molecule has 19 heavy (non-hydrogen) atoms. The number of hydrogen-bond acceptors (Lipinski definition) is 3. The first-order chi connectivity index (χ1) is 9.25. The monoisotopic (exact) mass is 263 g/mol. The molecule has 0 saturated carbocycles. The van der Waals surface area contributed by atoms with E-state index in [1.165, 1.54) is 19.3 Å². The molecule has 3 heteroatoms. The zero-order valence-electron chi connectivity index (χ0n) is 11.8. The van der Waals surface area contributed by atoms with Gasteiger partial charge in [-0.3, -0.25) is 4.90 Å². The Morgan fingerprint density at radius 2 is 2.11 bits per heavy atom. The van der Waals surface area contributed by atoms with Gasteiger partial charge in [0, 0.05) is 12.6 Å². The molecule has 3 nitrogen and oxygen atoms in total. The molecule has 1 aromatic carbocycles. The maximum atomic E-state index is 9.57. The van der Waals surface area contributed by atoms with E-state index in [2.05, 4.69) is 4.90 Å². The van der Waals surface area contributed by atoms with Gasteiger partial charge in [0.2, 0.25) is 0 Å². The van der Waals surface area contributed by atoms with Gasteiger partial charge in [0.05, 0.1) is 6.10 Å². The number of benzene rings is 1. The van der Waals surface area contributed by atoms with E-state index < -0.39 is 0 Å². The van der Waals surface area contributed by atoms with Gasteiger partial charge >= 0.3 is 0 Å². The third-order valence-electron chi connectivity index (χ3n) is 3.75. The molecule has 1 fully saturated rings. The molecule has 1 N–H and O–H groups in total. The molecule has 1 aliphatic heterocycles. The summed E-state index contributed by atoms with van der Waals surface area (Å²) in [5.74, 6) is 0.937. The molecule has 2 atom stereocenters. The summed E-state index contributed by atoms with van der Waals surface area (Å²) in [7, 11) is 0. The summed E-state index contributed by atoms with van der Waals surface area (Å²) in [5.41, 5.74) is 0.